The van der Waals surface area contributed by atoms with Crippen LogP contribution in [-0.4, -0.2) is 21.9 Å². The van der Waals surface area contributed by atoms with Crippen LogP contribution in [0.1, 0.15) is 18.9 Å². The molecule has 14 heavy (non-hydrogen) atoms. The molecule has 0 aliphatic rings. The molecule has 0 aliphatic carbocycles. The van der Waals surface area contributed by atoms with E-state index in [0.717, 1.165) is 0 Å². The van der Waals surface area contributed by atoms with Crippen LogP contribution in [-0.2, 0) is 5.79 Å². The van der Waals surface area contributed by atoms with Gasteiger partial charge in [0.25, 0.3) is 0 Å². The molecular weight excluding hydrogens is 180 g/mol. The van der Waals surface area contributed by atoms with Gasteiger partial charge in [0.1, 0.15) is 0 Å². The molecule has 1 unspecified atom stereocenters. The molecule has 1 aromatic carbocycles. The highest BCUT2D eigenvalue weighted by atomic mass is 16.5. The Morgan fingerprint density at radius 2 is 1.79 bits per heavy atom. The largest absolute Gasteiger partial charge is 0.396 e. The number of hydrogen-bond acceptors (Lipinski definition) is 3. The minimum absolute atomic E-state index is 0.0448. The summed E-state index contributed by atoms with van der Waals surface area (Å²) < 4.78 is 0. The Bertz CT molecular complexity index is 269. The van der Waals surface area contributed by atoms with Crippen LogP contribution in [0.25, 0.3) is 0 Å². The van der Waals surface area contributed by atoms with E-state index in [1.165, 1.54) is 0 Å². The minimum Gasteiger partial charge on any atom is -0.396 e. The van der Waals surface area contributed by atoms with Crippen LogP contribution >= 0.6 is 0 Å². The van der Waals surface area contributed by atoms with Crippen LogP contribution in [0.5, 0.6) is 0 Å². The molecule has 1 aromatic rings. The van der Waals surface area contributed by atoms with E-state index in [0.29, 0.717) is 12.0 Å². The summed E-state index contributed by atoms with van der Waals surface area (Å²) in [6.45, 7) is 1.65. The normalized spacial score (nSPS) is 14.0. The Hall–Kier alpha value is -0.900. The fraction of sp³-hybridized carbons (Fsp3) is 0.455. The Balaban J connectivity index is 2.84. The smallest absolute Gasteiger partial charge is 0.192 e. The number of aliphatic hydroxyl groups excluding tert-OH is 1. The van der Waals surface area contributed by atoms with E-state index in [4.69, 9.17) is 5.11 Å². The number of aliphatic hydroxyl groups is 3. The zero-order valence-electron chi connectivity index (χ0n) is 8.22. The van der Waals surface area contributed by atoms with Crippen molar-refractivity contribution in [2.24, 2.45) is 5.92 Å². The van der Waals surface area contributed by atoms with Crippen molar-refractivity contribution < 1.29 is 15.3 Å². The second-order valence-electron chi connectivity index (χ2n) is 3.51. The first-order valence-corrected chi connectivity index (χ1v) is 4.70. The molecule has 1 atom stereocenters. The van der Waals surface area contributed by atoms with Gasteiger partial charge in [0.05, 0.1) is 0 Å². The maximum atomic E-state index is 9.83. The summed E-state index contributed by atoms with van der Waals surface area (Å²) in [4.78, 5) is 0. The van der Waals surface area contributed by atoms with Crippen molar-refractivity contribution in [3.8, 4) is 0 Å². The SMILES string of the molecule is CC(CCO)C(O)(O)c1ccccc1. The molecule has 0 radical (unpaired) electrons. The minimum atomic E-state index is -1.86. The van der Waals surface area contributed by atoms with Gasteiger partial charge in [0.2, 0.25) is 0 Å². The standard InChI is InChI=1S/C11H16O3/c1-9(7-8-12)11(13,14)10-5-3-2-4-6-10/h2-6,9,12-14H,7-8H2,1H3. The monoisotopic (exact) mass is 196 g/mol. The first kappa shape index (κ1) is 11.2. The molecule has 0 saturated heterocycles. The van der Waals surface area contributed by atoms with Gasteiger partial charge >= 0.3 is 0 Å². The molecular formula is C11H16O3. The lowest BCUT2D eigenvalue weighted by atomic mass is 9.91. The van der Waals surface area contributed by atoms with Gasteiger partial charge in [-0.25, -0.2) is 0 Å². The summed E-state index contributed by atoms with van der Waals surface area (Å²) in [5.41, 5.74) is 0.459. The van der Waals surface area contributed by atoms with Crippen LogP contribution < -0.4 is 0 Å². The highest BCUT2D eigenvalue weighted by Crippen LogP contribution is 2.28. The second kappa shape index (κ2) is 4.55. The van der Waals surface area contributed by atoms with Gasteiger partial charge in [-0.2, -0.15) is 0 Å². The predicted octanol–water partition coefficient (Wildman–Crippen LogP) is 0.842. The lowest BCUT2D eigenvalue weighted by Crippen LogP contribution is -2.33. The molecule has 78 valence electrons. The molecule has 1 rings (SSSR count). The highest BCUT2D eigenvalue weighted by Gasteiger charge is 2.32. The quantitative estimate of drug-likeness (QED) is 0.625. The van der Waals surface area contributed by atoms with E-state index in [1.54, 1.807) is 31.2 Å². The summed E-state index contributed by atoms with van der Waals surface area (Å²) >= 11 is 0. The van der Waals surface area contributed by atoms with Crippen molar-refractivity contribution in [2.75, 3.05) is 6.61 Å². The van der Waals surface area contributed by atoms with Crippen LogP contribution in [0, 0.1) is 5.92 Å². The van der Waals surface area contributed by atoms with Gasteiger partial charge in [-0.3, -0.25) is 0 Å². The lowest BCUT2D eigenvalue weighted by molar-refractivity contribution is -0.208. The van der Waals surface area contributed by atoms with Gasteiger partial charge in [0, 0.05) is 18.1 Å². The highest BCUT2D eigenvalue weighted by molar-refractivity contribution is 5.20. The molecule has 0 fully saturated rings. The van der Waals surface area contributed by atoms with E-state index in [2.05, 4.69) is 0 Å². The van der Waals surface area contributed by atoms with Crippen molar-refractivity contribution in [1.82, 2.24) is 0 Å². The Kier molecular flexibility index (Phi) is 3.63. The van der Waals surface area contributed by atoms with Crippen molar-refractivity contribution in [1.29, 1.82) is 0 Å². The van der Waals surface area contributed by atoms with Crippen molar-refractivity contribution >= 4 is 0 Å². The zero-order valence-corrected chi connectivity index (χ0v) is 8.22. The van der Waals surface area contributed by atoms with Crippen LogP contribution in [0.3, 0.4) is 0 Å². The topological polar surface area (TPSA) is 60.7 Å². The van der Waals surface area contributed by atoms with Crippen molar-refractivity contribution in [2.45, 2.75) is 19.1 Å². The van der Waals surface area contributed by atoms with E-state index >= 15 is 0 Å². The average Bonchev–Trinajstić information content (AvgIpc) is 2.19. The third-order valence-corrected chi connectivity index (χ3v) is 2.45. The Morgan fingerprint density at radius 3 is 2.29 bits per heavy atom. The maximum Gasteiger partial charge on any atom is 0.192 e. The molecule has 0 aliphatic heterocycles. The van der Waals surface area contributed by atoms with E-state index in [-0.39, 0.29) is 6.61 Å². The van der Waals surface area contributed by atoms with Crippen LogP contribution in [0.4, 0.5) is 0 Å². The molecule has 0 heterocycles. The molecule has 0 bridgehead atoms. The molecule has 3 N–H and O–H groups in total. The van der Waals surface area contributed by atoms with E-state index in [1.807, 2.05) is 6.07 Å². The molecule has 0 aromatic heterocycles. The maximum absolute atomic E-state index is 9.83. The fourth-order valence-electron chi connectivity index (χ4n) is 1.36. The zero-order chi connectivity index (χ0) is 10.6. The summed E-state index contributed by atoms with van der Waals surface area (Å²) in [6, 6.07) is 8.64. The summed E-state index contributed by atoms with van der Waals surface area (Å²) in [6.07, 6.45) is 0.363. The van der Waals surface area contributed by atoms with Crippen molar-refractivity contribution in [3.63, 3.8) is 0 Å². The van der Waals surface area contributed by atoms with Gasteiger partial charge < -0.3 is 15.3 Å². The first-order chi connectivity index (χ1) is 6.59. The first-order valence-electron chi connectivity index (χ1n) is 4.70. The summed E-state index contributed by atoms with van der Waals surface area (Å²) in [5.74, 6) is -2.25. The molecule has 0 spiro atoms. The number of benzene rings is 1. The van der Waals surface area contributed by atoms with Gasteiger partial charge in [-0.1, -0.05) is 37.3 Å². The lowest BCUT2D eigenvalue weighted by Gasteiger charge is -2.28. The van der Waals surface area contributed by atoms with E-state index in [9.17, 15) is 10.2 Å². The predicted molar refractivity (Wildman–Crippen MR) is 53.4 cm³/mol. The summed E-state index contributed by atoms with van der Waals surface area (Å²) in [7, 11) is 0. The molecule has 0 saturated carbocycles. The van der Waals surface area contributed by atoms with Gasteiger partial charge in [-0.15, -0.1) is 0 Å². The molecule has 3 nitrogen and oxygen atoms in total. The molecule has 3 heteroatoms. The fourth-order valence-corrected chi connectivity index (χ4v) is 1.36. The average molecular weight is 196 g/mol. The van der Waals surface area contributed by atoms with Gasteiger partial charge in [0.15, 0.2) is 5.79 Å². The Labute approximate surface area is 83.6 Å². The molecule has 0 amide bonds. The second-order valence-corrected chi connectivity index (χ2v) is 3.51. The van der Waals surface area contributed by atoms with Crippen LogP contribution in [0.15, 0.2) is 30.3 Å². The number of rotatable bonds is 4. The third-order valence-electron chi connectivity index (χ3n) is 2.45. The van der Waals surface area contributed by atoms with Crippen LogP contribution in [0.2, 0.25) is 0 Å². The van der Waals surface area contributed by atoms with E-state index < -0.39 is 11.7 Å². The number of hydrogen-bond donors (Lipinski definition) is 3. The summed E-state index contributed by atoms with van der Waals surface area (Å²) in [5, 5.41) is 28.4. The van der Waals surface area contributed by atoms with Crippen molar-refractivity contribution in [3.05, 3.63) is 35.9 Å². The Morgan fingerprint density at radius 1 is 1.21 bits per heavy atom. The van der Waals surface area contributed by atoms with Gasteiger partial charge in [-0.05, 0) is 6.42 Å². The third kappa shape index (κ3) is 2.32.